The quantitative estimate of drug-likeness (QED) is 0.428. The molecule has 1 N–H and O–H groups in total. The Hall–Kier alpha value is 1.75. The maximum absolute atomic E-state index is 10.7. The molecule has 2 saturated heterocycles. The van der Waals surface area contributed by atoms with Gasteiger partial charge in [0.15, 0.2) is 0 Å². The van der Waals surface area contributed by atoms with Gasteiger partial charge in [-0.1, -0.05) is 5.92 Å². The Balaban J connectivity index is 0. The van der Waals surface area contributed by atoms with E-state index in [1.54, 1.807) is 0 Å². The van der Waals surface area contributed by atoms with E-state index in [0.717, 1.165) is 12.8 Å². The van der Waals surface area contributed by atoms with Crippen molar-refractivity contribution < 1.29 is 80.6 Å². The summed E-state index contributed by atoms with van der Waals surface area (Å²) >= 11 is 0. The van der Waals surface area contributed by atoms with Crippen LogP contribution in [0.2, 0.25) is 0 Å². The maximum atomic E-state index is 10.7. The summed E-state index contributed by atoms with van der Waals surface area (Å²) in [6.45, 7) is 0. The normalized spacial score (nSPS) is 33.9. The molecule has 3 nitrogen and oxygen atoms in total. The second kappa shape index (κ2) is 7.15. The summed E-state index contributed by atoms with van der Waals surface area (Å²) in [7, 11) is 2.02. The summed E-state index contributed by atoms with van der Waals surface area (Å²) in [6.07, 6.45) is 3.97. The zero-order valence-electron chi connectivity index (χ0n) is 7.88. The molecule has 6 heteroatoms. The summed E-state index contributed by atoms with van der Waals surface area (Å²) < 4.78 is 0. The minimum Gasteiger partial charge on any atom is -0.483 e. The van der Waals surface area contributed by atoms with Gasteiger partial charge in [0, 0.05) is 70.7 Å². The Kier molecular flexibility index (Phi) is 9.26. The number of fused-ring (bicyclic) bond motifs is 2. The summed E-state index contributed by atoms with van der Waals surface area (Å²) in [5.74, 6) is -0.884. The van der Waals surface area contributed by atoms with Gasteiger partial charge >= 0.3 is 0 Å². The number of carboxylic acid groups (broad SMARTS) is 1. The third-order valence-corrected chi connectivity index (χ3v) is 2.97. The van der Waals surface area contributed by atoms with E-state index in [9.17, 15) is 4.79 Å². The van der Waals surface area contributed by atoms with Crippen LogP contribution >= 0.6 is 0 Å². The molecule has 3 unspecified atom stereocenters. The number of carbonyl (C=O) groups is 1. The van der Waals surface area contributed by atoms with Crippen LogP contribution in [0.25, 0.3) is 0 Å². The van der Waals surface area contributed by atoms with Crippen molar-refractivity contribution in [2.45, 2.75) is 24.9 Å². The third kappa shape index (κ3) is 3.13. The van der Waals surface area contributed by atoms with Crippen LogP contribution in [-0.2, 0) is 44.4 Å². The van der Waals surface area contributed by atoms with Crippen LogP contribution in [0.3, 0.4) is 0 Å². The molecule has 3 rings (SSSR count). The van der Waals surface area contributed by atoms with E-state index in [2.05, 4.69) is 4.90 Å². The number of rotatable bonds is 1. The van der Waals surface area contributed by atoms with Gasteiger partial charge in [0.1, 0.15) is 0 Å². The van der Waals surface area contributed by atoms with Gasteiger partial charge in [-0.2, -0.15) is 6.42 Å². The maximum Gasteiger partial charge on any atom is 0.277 e. The number of aliphatic carboxylic acids is 1. The summed E-state index contributed by atoms with van der Waals surface area (Å²) in [6, 6.07) is 0.918. The Bertz CT molecular complexity index is 206. The van der Waals surface area contributed by atoms with E-state index in [4.69, 9.17) is 5.11 Å². The number of carboxylic acids is 1. The molecule has 77 valence electrons. The van der Waals surface area contributed by atoms with Crippen molar-refractivity contribution in [1.82, 2.24) is 4.90 Å². The van der Waals surface area contributed by atoms with Crippen molar-refractivity contribution in [3.63, 3.8) is 0 Å². The molecule has 0 aromatic rings. The molecule has 1 aliphatic carbocycles. The summed E-state index contributed by atoms with van der Waals surface area (Å²) in [5.41, 5.74) is 0. The van der Waals surface area contributed by atoms with Crippen LogP contribution in [0.5, 0.6) is 0 Å². The van der Waals surface area contributed by atoms with Gasteiger partial charge in [-0.05, 0) is 25.6 Å². The van der Waals surface area contributed by atoms with Gasteiger partial charge in [-0.25, -0.2) is 0 Å². The fraction of sp³-hybridized carbons (Fsp3) is 0.750. The SMILES string of the molecule is CN1C2C[CH-]C(C(=O)O)C1C2.[U].[V].[W]. The molecule has 3 fully saturated rings. The van der Waals surface area contributed by atoms with Crippen LogP contribution in [0.15, 0.2) is 0 Å². The van der Waals surface area contributed by atoms with Crippen molar-refractivity contribution >= 4 is 5.97 Å². The van der Waals surface area contributed by atoms with E-state index in [0.29, 0.717) is 6.04 Å². The van der Waals surface area contributed by atoms with Crippen LogP contribution in [0.4, 0.5) is 0 Å². The first kappa shape index (κ1) is 18.1. The first-order chi connectivity index (χ1) is 5.20. The average molecular weight is 627 g/mol. The minimum atomic E-state index is -0.667. The number of hydrogen-bond donors (Lipinski definition) is 1. The first-order valence-electron chi connectivity index (χ1n) is 3.98. The molecule has 3 atom stereocenters. The van der Waals surface area contributed by atoms with E-state index in [-0.39, 0.29) is 82.7 Å². The molecule has 0 aromatic carbocycles. The molecule has 1 radical (unpaired) electrons. The molecule has 14 heavy (non-hydrogen) atoms. The van der Waals surface area contributed by atoms with Crippen molar-refractivity contribution in [2.24, 2.45) is 5.92 Å². The van der Waals surface area contributed by atoms with Crippen LogP contribution in [0, 0.1) is 43.5 Å². The Morgan fingerprint density at radius 1 is 1.57 bits per heavy atom. The van der Waals surface area contributed by atoms with E-state index in [1.807, 2.05) is 13.5 Å². The largest absolute Gasteiger partial charge is 0.483 e. The standard InChI is InChI=1S/C8H12NO2.U.V.W/c1-9-5-2-3-6(8(10)11)7(9)4-5;;;/h3,5-7H,2,4H2,1H3,(H,10,11);;;/q-1;;;. The van der Waals surface area contributed by atoms with Crippen LogP contribution in [-0.4, -0.2) is 35.1 Å². The fourth-order valence-corrected chi connectivity index (χ4v) is 2.13. The molecule has 1 saturated carbocycles. The van der Waals surface area contributed by atoms with Crippen LogP contribution < -0.4 is 0 Å². The smallest absolute Gasteiger partial charge is 0.277 e. The van der Waals surface area contributed by atoms with E-state index in [1.165, 1.54) is 0 Å². The Morgan fingerprint density at radius 3 is 2.43 bits per heavy atom. The Labute approximate surface area is 134 Å². The minimum absolute atomic E-state index is 0. The third-order valence-electron chi connectivity index (χ3n) is 2.97. The molecule has 3 aliphatic rings. The second-order valence-corrected chi connectivity index (χ2v) is 3.46. The number of piperidine rings is 1. The van der Waals surface area contributed by atoms with Crippen molar-refractivity contribution in [3.8, 4) is 0 Å². The Morgan fingerprint density at radius 2 is 2.14 bits per heavy atom. The number of hydrogen-bond acceptors (Lipinski definition) is 2. The topological polar surface area (TPSA) is 40.5 Å². The van der Waals surface area contributed by atoms with Gasteiger partial charge < -0.3 is 16.4 Å². The first-order valence-corrected chi connectivity index (χ1v) is 3.98. The summed E-state index contributed by atoms with van der Waals surface area (Å²) in [5, 5.41) is 8.79. The number of nitrogens with zero attached hydrogens (tertiary/aromatic N) is 1. The van der Waals surface area contributed by atoms with E-state index >= 15 is 0 Å². The van der Waals surface area contributed by atoms with Crippen LogP contribution in [0.1, 0.15) is 12.8 Å². The van der Waals surface area contributed by atoms with Crippen molar-refractivity contribution in [1.29, 1.82) is 0 Å². The molecule has 2 heterocycles. The zero-order chi connectivity index (χ0) is 8.01. The molecule has 0 aromatic heterocycles. The van der Waals surface area contributed by atoms with Crippen molar-refractivity contribution in [2.75, 3.05) is 7.05 Å². The molecule has 2 aliphatic heterocycles. The predicted molar refractivity (Wildman–Crippen MR) is 40.0 cm³/mol. The zero-order valence-corrected chi connectivity index (χ0v) is 16.4. The molecule has 0 spiro atoms. The van der Waals surface area contributed by atoms with Gasteiger partial charge in [-0.15, -0.1) is 0 Å². The predicted octanol–water partition coefficient (Wildman–Crippen LogP) is 0.363. The monoisotopic (exact) mass is 627 g/mol. The van der Waals surface area contributed by atoms with Gasteiger partial charge in [0.05, 0.1) is 0 Å². The van der Waals surface area contributed by atoms with Crippen molar-refractivity contribution in [3.05, 3.63) is 6.42 Å². The molecular formula is C8H12NO2UVW-. The summed E-state index contributed by atoms with van der Waals surface area (Å²) in [4.78, 5) is 12.9. The molecular weight excluding hydrogens is 615 g/mol. The average Bonchev–Trinajstić information content (AvgIpc) is 2.03. The van der Waals surface area contributed by atoms with Gasteiger partial charge in [0.2, 0.25) is 0 Å². The molecule has 0 amide bonds. The fourth-order valence-electron chi connectivity index (χ4n) is 2.13. The second-order valence-electron chi connectivity index (χ2n) is 3.46. The van der Waals surface area contributed by atoms with Gasteiger partial charge in [-0.3, -0.25) is 4.79 Å². The van der Waals surface area contributed by atoms with E-state index < -0.39 is 5.97 Å². The molecule has 2 bridgehead atoms. The van der Waals surface area contributed by atoms with Gasteiger partial charge in [0.25, 0.3) is 5.97 Å².